The number of para-hydroxylation sites is 3. The van der Waals surface area contributed by atoms with Gasteiger partial charge in [0.2, 0.25) is 5.44 Å². The first kappa shape index (κ1) is 20.9. The second-order valence-corrected chi connectivity index (χ2v) is 8.26. The zero-order chi connectivity index (χ0) is 17.9. The van der Waals surface area contributed by atoms with Crippen LogP contribution in [0.25, 0.3) is 0 Å². The van der Waals surface area contributed by atoms with Gasteiger partial charge in [-0.25, -0.2) is 4.31 Å². The largest absolute Gasteiger partial charge is 0.467 e. The smallest absolute Gasteiger partial charge is 0.206 e. The van der Waals surface area contributed by atoms with Crippen LogP contribution in [0.1, 0.15) is 19.8 Å². The van der Waals surface area contributed by atoms with Gasteiger partial charge in [-0.1, -0.05) is 48.0 Å². The van der Waals surface area contributed by atoms with Gasteiger partial charge in [0.1, 0.15) is 11.4 Å². The lowest BCUT2D eigenvalue weighted by Crippen LogP contribution is -2.39. The zero-order valence-corrected chi connectivity index (χ0v) is 16.7. The maximum absolute atomic E-state index is 11.0. The molecule has 0 spiro atoms. The number of anilines is 2. The van der Waals surface area contributed by atoms with Gasteiger partial charge in [0.25, 0.3) is 0 Å². The third-order valence-electron chi connectivity index (χ3n) is 4.47. The van der Waals surface area contributed by atoms with E-state index in [0.29, 0.717) is 17.9 Å². The average Bonchev–Trinajstić information content (AvgIpc) is 2.62. The Morgan fingerprint density at radius 2 is 1.73 bits per heavy atom. The molecule has 5 nitrogen and oxygen atoms in total. The summed E-state index contributed by atoms with van der Waals surface area (Å²) in [5.41, 5.74) is 0.803. The van der Waals surface area contributed by atoms with E-state index in [0.717, 1.165) is 25.2 Å². The van der Waals surface area contributed by atoms with Gasteiger partial charge in [0, 0.05) is 6.42 Å². The Bertz CT molecular complexity index is 702. The van der Waals surface area contributed by atoms with Crippen molar-refractivity contribution >= 4 is 34.6 Å². The minimum absolute atomic E-state index is 0. The lowest BCUT2D eigenvalue weighted by molar-refractivity contribution is 0.226. The number of benzene rings is 2. The first-order chi connectivity index (χ1) is 12.0. The molecule has 2 aromatic rings. The third kappa shape index (κ3) is 4.27. The highest BCUT2D eigenvalue weighted by Crippen LogP contribution is 2.61. The Morgan fingerprint density at radius 3 is 2.42 bits per heavy atom. The highest BCUT2D eigenvalue weighted by molar-refractivity contribution is 8.26. The van der Waals surface area contributed by atoms with E-state index in [1.54, 1.807) is 4.31 Å². The summed E-state index contributed by atoms with van der Waals surface area (Å²) in [6, 6.07) is 17.0. The molecule has 2 aromatic carbocycles. The lowest BCUT2D eigenvalue weighted by atomic mass is 10.2. The average molecular weight is 399 g/mol. The van der Waals surface area contributed by atoms with Gasteiger partial charge in [-0.15, -0.1) is 12.4 Å². The van der Waals surface area contributed by atoms with Crippen LogP contribution in [-0.4, -0.2) is 39.6 Å². The van der Waals surface area contributed by atoms with Crippen LogP contribution >= 0.6 is 23.2 Å². The summed E-state index contributed by atoms with van der Waals surface area (Å²) in [4.78, 5) is 2.21. The molecule has 3 rings (SSSR count). The van der Waals surface area contributed by atoms with E-state index in [-0.39, 0.29) is 12.4 Å². The molecule has 26 heavy (non-hydrogen) atoms. The predicted octanol–water partition coefficient (Wildman–Crippen LogP) is 5.36. The highest BCUT2D eigenvalue weighted by atomic mass is 35.5. The summed E-state index contributed by atoms with van der Waals surface area (Å²) >= 11 is 0. The first-order valence-electron chi connectivity index (χ1n) is 8.60. The number of hydrogen-bond donors (Lipinski definition) is 2. The van der Waals surface area contributed by atoms with E-state index in [4.69, 9.17) is 4.74 Å². The molecule has 2 N–H and O–H groups in total. The van der Waals surface area contributed by atoms with E-state index >= 15 is 0 Å². The van der Waals surface area contributed by atoms with Crippen LogP contribution in [-0.2, 0) is 0 Å². The fourth-order valence-electron chi connectivity index (χ4n) is 2.95. The van der Waals surface area contributed by atoms with Crippen molar-refractivity contribution in [2.75, 3.05) is 24.4 Å². The summed E-state index contributed by atoms with van der Waals surface area (Å²) in [6.07, 6.45) is 1.43. The molecule has 0 radical (unpaired) electrons. The summed E-state index contributed by atoms with van der Waals surface area (Å²) < 4.78 is 29.7. The summed E-state index contributed by atoms with van der Waals surface area (Å²) in [7, 11) is -1.08. The molecule has 0 saturated heterocycles. The minimum atomic E-state index is -3.14. The number of fused-ring (bicyclic) bond motifs is 1. The van der Waals surface area contributed by atoms with Crippen molar-refractivity contribution in [1.82, 2.24) is 4.90 Å². The SMILES string of the molecule is CCN(C)CCCC1Oc2ccccc2N(c2ccccc2)S1(O)O.Cl. The number of halogens is 1. The van der Waals surface area contributed by atoms with Gasteiger partial charge in [-0.05, 0) is 50.8 Å². The Kier molecular flexibility index (Phi) is 7.20. The van der Waals surface area contributed by atoms with Gasteiger partial charge in [-0.2, -0.15) is 0 Å². The minimum Gasteiger partial charge on any atom is -0.467 e. The fraction of sp³-hybridized carbons (Fsp3) is 0.368. The van der Waals surface area contributed by atoms with E-state index in [2.05, 4.69) is 18.9 Å². The van der Waals surface area contributed by atoms with Gasteiger partial charge < -0.3 is 9.64 Å². The highest BCUT2D eigenvalue weighted by Gasteiger charge is 2.40. The van der Waals surface area contributed by atoms with Crippen molar-refractivity contribution in [2.24, 2.45) is 0 Å². The first-order valence-corrected chi connectivity index (χ1v) is 10.2. The molecular formula is C19H27ClN2O3S. The molecule has 1 aliphatic heterocycles. The van der Waals surface area contributed by atoms with Crippen LogP contribution in [0.5, 0.6) is 5.75 Å². The van der Waals surface area contributed by atoms with Gasteiger partial charge >= 0.3 is 0 Å². The second-order valence-electron chi connectivity index (χ2n) is 6.24. The van der Waals surface area contributed by atoms with E-state index in [1.165, 1.54) is 0 Å². The molecule has 1 atom stereocenters. The third-order valence-corrected chi connectivity index (χ3v) is 6.46. The van der Waals surface area contributed by atoms with Crippen molar-refractivity contribution in [1.29, 1.82) is 0 Å². The standard InChI is InChI=1S/C19H26N2O3S.ClH/c1-3-20(2)15-9-14-19-24-18-13-8-7-12-17(18)21(25(19,22)23)16-10-5-4-6-11-16;/h4-8,10-13,19,22-23H,3,9,14-15H2,1-2H3;1H. The Morgan fingerprint density at radius 1 is 1.08 bits per heavy atom. The van der Waals surface area contributed by atoms with Gasteiger partial charge in [0.05, 0.1) is 5.69 Å². The molecule has 0 saturated carbocycles. The van der Waals surface area contributed by atoms with Crippen molar-refractivity contribution in [3.05, 3.63) is 54.6 Å². The quantitative estimate of drug-likeness (QED) is 0.685. The number of hydrogen-bond acceptors (Lipinski definition) is 5. The van der Waals surface area contributed by atoms with Crippen molar-refractivity contribution in [3.63, 3.8) is 0 Å². The molecule has 1 aliphatic rings. The van der Waals surface area contributed by atoms with Crippen LogP contribution in [0.2, 0.25) is 0 Å². The molecule has 0 aliphatic carbocycles. The number of nitrogens with zero attached hydrogens (tertiary/aromatic N) is 2. The van der Waals surface area contributed by atoms with E-state index in [1.807, 2.05) is 54.6 Å². The summed E-state index contributed by atoms with van der Waals surface area (Å²) in [6.45, 7) is 3.98. The maximum atomic E-state index is 11.0. The van der Waals surface area contributed by atoms with Crippen molar-refractivity contribution < 1.29 is 13.8 Å². The van der Waals surface area contributed by atoms with Crippen molar-refractivity contribution in [2.45, 2.75) is 25.2 Å². The molecular weight excluding hydrogens is 372 g/mol. The second kappa shape index (κ2) is 8.97. The van der Waals surface area contributed by atoms with E-state index in [9.17, 15) is 9.11 Å². The summed E-state index contributed by atoms with van der Waals surface area (Å²) in [5.74, 6) is 0.687. The monoisotopic (exact) mass is 398 g/mol. The molecule has 7 heteroatoms. The van der Waals surface area contributed by atoms with Crippen LogP contribution in [0.4, 0.5) is 11.4 Å². The fourth-order valence-corrected chi connectivity index (χ4v) is 4.78. The summed E-state index contributed by atoms with van der Waals surface area (Å²) in [5, 5.41) is 0. The Labute approximate surface area is 163 Å². The van der Waals surface area contributed by atoms with Gasteiger partial charge in [0.15, 0.2) is 0 Å². The molecule has 0 amide bonds. The Hall–Kier alpha value is -1.44. The van der Waals surface area contributed by atoms with Crippen LogP contribution in [0.3, 0.4) is 0 Å². The maximum Gasteiger partial charge on any atom is 0.206 e. The molecule has 1 heterocycles. The molecule has 1 unspecified atom stereocenters. The van der Waals surface area contributed by atoms with Crippen LogP contribution in [0.15, 0.2) is 54.6 Å². The topological polar surface area (TPSA) is 56.2 Å². The molecule has 0 bridgehead atoms. The molecule has 144 valence electrons. The van der Waals surface area contributed by atoms with Gasteiger partial charge in [-0.3, -0.25) is 9.11 Å². The Balaban J connectivity index is 0.00000243. The number of ether oxygens (including phenoxy) is 1. The lowest BCUT2D eigenvalue weighted by Gasteiger charge is -2.51. The van der Waals surface area contributed by atoms with E-state index < -0.39 is 16.2 Å². The zero-order valence-electron chi connectivity index (χ0n) is 15.1. The molecule has 0 fully saturated rings. The van der Waals surface area contributed by atoms with Crippen LogP contribution < -0.4 is 9.04 Å². The molecule has 0 aromatic heterocycles. The predicted molar refractivity (Wildman–Crippen MR) is 112 cm³/mol. The number of rotatable bonds is 6. The van der Waals surface area contributed by atoms with Crippen molar-refractivity contribution in [3.8, 4) is 5.75 Å². The van der Waals surface area contributed by atoms with Crippen LogP contribution in [0, 0.1) is 0 Å². The normalized spacial score (nSPS) is 19.3.